The van der Waals surface area contributed by atoms with Crippen LogP contribution in [0.25, 0.3) is 0 Å². The van der Waals surface area contributed by atoms with Crippen molar-refractivity contribution in [2.24, 2.45) is 5.92 Å². The summed E-state index contributed by atoms with van der Waals surface area (Å²) in [5, 5.41) is 10.4. The van der Waals surface area contributed by atoms with Gasteiger partial charge in [-0.2, -0.15) is 0 Å². The molecule has 0 aliphatic carbocycles. The number of carbonyl (C=O) groups excluding carboxylic acids is 1. The molecule has 1 amide bonds. The van der Waals surface area contributed by atoms with E-state index in [2.05, 4.69) is 0 Å². The Morgan fingerprint density at radius 2 is 2.21 bits per heavy atom. The fraction of sp³-hybridized carbons (Fsp3) is 0.533. The van der Waals surface area contributed by atoms with Crippen molar-refractivity contribution in [3.63, 3.8) is 0 Å². The lowest BCUT2D eigenvalue weighted by Crippen LogP contribution is -2.45. The predicted octanol–water partition coefficient (Wildman–Crippen LogP) is 2.50. The van der Waals surface area contributed by atoms with Crippen LogP contribution in [0, 0.1) is 5.92 Å². The van der Waals surface area contributed by atoms with Gasteiger partial charge in [0.1, 0.15) is 0 Å². The molecule has 1 aromatic carbocycles. The molecule has 104 valence electrons. The third kappa shape index (κ3) is 3.71. The van der Waals surface area contributed by atoms with Crippen molar-refractivity contribution < 1.29 is 9.90 Å². The van der Waals surface area contributed by atoms with E-state index in [-0.39, 0.29) is 17.9 Å². The quantitative estimate of drug-likeness (QED) is 0.925. The molecule has 2 atom stereocenters. The molecule has 3 nitrogen and oxygen atoms in total. The third-order valence-electron chi connectivity index (χ3n) is 3.78. The second-order valence-electron chi connectivity index (χ2n) is 5.26. The molecule has 0 spiro atoms. The first-order valence-electron chi connectivity index (χ1n) is 6.77. The zero-order valence-corrected chi connectivity index (χ0v) is 11.9. The summed E-state index contributed by atoms with van der Waals surface area (Å²) in [5.41, 5.74) is 1.02. The first-order valence-corrected chi connectivity index (χ1v) is 7.15. The molecular weight excluding hydrogens is 262 g/mol. The van der Waals surface area contributed by atoms with Crippen molar-refractivity contribution in [3.05, 3.63) is 34.9 Å². The Morgan fingerprint density at radius 3 is 2.89 bits per heavy atom. The minimum absolute atomic E-state index is 0.152. The molecule has 1 fully saturated rings. The van der Waals surface area contributed by atoms with Crippen molar-refractivity contribution in [2.45, 2.75) is 32.3 Å². The highest BCUT2D eigenvalue weighted by Gasteiger charge is 2.26. The lowest BCUT2D eigenvalue weighted by Gasteiger charge is -2.34. The zero-order valence-electron chi connectivity index (χ0n) is 11.2. The number of carbonyl (C=O) groups is 1. The summed E-state index contributed by atoms with van der Waals surface area (Å²) in [4.78, 5) is 14.0. The smallest absolute Gasteiger partial charge is 0.222 e. The molecule has 0 radical (unpaired) electrons. The van der Waals surface area contributed by atoms with Gasteiger partial charge in [-0.15, -0.1) is 0 Å². The van der Waals surface area contributed by atoms with E-state index in [1.807, 2.05) is 36.1 Å². The van der Waals surface area contributed by atoms with Crippen molar-refractivity contribution in [2.75, 3.05) is 13.1 Å². The number of nitrogens with zero attached hydrogens (tertiary/aromatic N) is 1. The SMILES string of the molecule is CC1CN(C(=O)CCc2ccccc2Cl)CCC1O. The van der Waals surface area contributed by atoms with Crippen LogP contribution in [0.4, 0.5) is 0 Å². The van der Waals surface area contributed by atoms with Crippen LogP contribution in [0.5, 0.6) is 0 Å². The molecule has 0 aromatic heterocycles. The van der Waals surface area contributed by atoms with Crippen molar-refractivity contribution >= 4 is 17.5 Å². The molecule has 0 bridgehead atoms. The van der Waals surface area contributed by atoms with Crippen LogP contribution in [-0.2, 0) is 11.2 Å². The van der Waals surface area contributed by atoms with Gasteiger partial charge in [0.05, 0.1) is 6.10 Å². The molecular formula is C15H20ClNO2. The number of benzene rings is 1. The van der Waals surface area contributed by atoms with Crippen LogP contribution in [-0.4, -0.2) is 35.1 Å². The standard InChI is InChI=1S/C15H20ClNO2/c1-11-10-17(9-8-14(11)18)15(19)7-6-12-4-2-3-5-13(12)16/h2-5,11,14,18H,6-10H2,1H3. The summed E-state index contributed by atoms with van der Waals surface area (Å²) < 4.78 is 0. The highest BCUT2D eigenvalue weighted by Crippen LogP contribution is 2.20. The summed E-state index contributed by atoms with van der Waals surface area (Å²) in [6.07, 6.45) is 1.56. The van der Waals surface area contributed by atoms with E-state index in [4.69, 9.17) is 11.6 Å². The lowest BCUT2D eigenvalue weighted by molar-refractivity contribution is -0.134. The number of hydrogen-bond acceptors (Lipinski definition) is 2. The number of hydrogen-bond donors (Lipinski definition) is 1. The van der Waals surface area contributed by atoms with Gasteiger partial charge >= 0.3 is 0 Å². The number of aliphatic hydroxyl groups excluding tert-OH is 1. The monoisotopic (exact) mass is 281 g/mol. The topological polar surface area (TPSA) is 40.5 Å². The van der Waals surface area contributed by atoms with Crippen LogP contribution in [0.1, 0.15) is 25.3 Å². The Bertz CT molecular complexity index is 450. The van der Waals surface area contributed by atoms with E-state index in [1.165, 1.54) is 0 Å². The average molecular weight is 282 g/mol. The van der Waals surface area contributed by atoms with Gasteiger partial charge in [0, 0.05) is 24.5 Å². The Morgan fingerprint density at radius 1 is 1.47 bits per heavy atom. The molecule has 2 rings (SSSR count). The molecule has 1 aliphatic heterocycles. The van der Waals surface area contributed by atoms with Crippen LogP contribution in [0.2, 0.25) is 5.02 Å². The highest BCUT2D eigenvalue weighted by atomic mass is 35.5. The number of rotatable bonds is 3. The number of likely N-dealkylation sites (tertiary alicyclic amines) is 1. The summed E-state index contributed by atoms with van der Waals surface area (Å²) in [7, 11) is 0. The van der Waals surface area contributed by atoms with E-state index in [0.29, 0.717) is 32.4 Å². The van der Waals surface area contributed by atoms with Crippen LogP contribution in [0.15, 0.2) is 24.3 Å². The van der Waals surface area contributed by atoms with E-state index >= 15 is 0 Å². The summed E-state index contributed by atoms with van der Waals surface area (Å²) in [6, 6.07) is 7.63. The van der Waals surface area contributed by atoms with E-state index in [9.17, 15) is 9.90 Å². The van der Waals surface area contributed by atoms with E-state index < -0.39 is 0 Å². The number of halogens is 1. The maximum absolute atomic E-state index is 12.1. The predicted molar refractivity (Wildman–Crippen MR) is 76.1 cm³/mol. The Balaban J connectivity index is 1.87. The molecule has 1 N–H and O–H groups in total. The van der Waals surface area contributed by atoms with Crippen LogP contribution in [0.3, 0.4) is 0 Å². The average Bonchev–Trinajstić information content (AvgIpc) is 2.40. The lowest BCUT2D eigenvalue weighted by atomic mass is 9.96. The van der Waals surface area contributed by atoms with Gasteiger partial charge in [0.25, 0.3) is 0 Å². The Hall–Kier alpha value is -1.06. The first-order chi connectivity index (χ1) is 9.08. The maximum Gasteiger partial charge on any atom is 0.222 e. The fourth-order valence-corrected chi connectivity index (χ4v) is 2.69. The molecule has 1 aromatic rings. The number of aryl methyl sites for hydroxylation is 1. The Labute approximate surface area is 119 Å². The van der Waals surface area contributed by atoms with Gasteiger partial charge in [0.15, 0.2) is 0 Å². The van der Waals surface area contributed by atoms with Gasteiger partial charge in [-0.05, 0) is 30.4 Å². The number of piperidine rings is 1. The van der Waals surface area contributed by atoms with Crippen molar-refractivity contribution in [1.82, 2.24) is 4.90 Å². The molecule has 1 heterocycles. The zero-order chi connectivity index (χ0) is 13.8. The van der Waals surface area contributed by atoms with E-state index in [1.54, 1.807) is 0 Å². The number of amides is 1. The third-order valence-corrected chi connectivity index (χ3v) is 4.15. The molecule has 1 aliphatic rings. The van der Waals surface area contributed by atoms with Gasteiger partial charge in [-0.1, -0.05) is 36.7 Å². The van der Waals surface area contributed by atoms with Crippen molar-refractivity contribution in [3.8, 4) is 0 Å². The highest BCUT2D eigenvalue weighted by molar-refractivity contribution is 6.31. The van der Waals surface area contributed by atoms with Gasteiger partial charge in [-0.3, -0.25) is 4.79 Å². The molecule has 2 unspecified atom stereocenters. The largest absolute Gasteiger partial charge is 0.393 e. The molecule has 19 heavy (non-hydrogen) atoms. The Kier molecular flexibility index (Phi) is 4.83. The van der Waals surface area contributed by atoms with Crippen LogP contribution < -0.4 is 0 Å². The second kappa shape index (κ2) is 6.40. The fourth-order valence-electron chi connectivity index (χ4n) is 2.46. The molecule has 0 saturated carbocycles. The number of aliphatic hydroxyl groups is 1. The van der Waals surface area contributed by atoms with Gasteiger partial charge in [-0.25, -0.2) is 0 Å². The second-order valence-corrected chi connectivity index (χ2v) is 5.67. The minimum atomic E-state index is -0.271. The summed E-state index contributed by atoms with van der Waals surface area (Å²) >= 11 is 6.08. The minimum Gasteiger partial charge on any atom is -0.393 e. The molecule has 1 saturated heterocycles. The summed E-state index contributed by atoms with van der Waals surface area (Å²) in [6.45, 7) is 3.30. The summed E-state index contributed by atoms with van der Waals surface area (Å²) in [5.74, 6) is 0.316. The van der Waals surface area contributed by atoms with Crippen LogP contribution >= 0.6 is 11.6 Å². The van der Waals surface area contributed by atoms with Gasteiger partial charge < -0.3 is 10.0 Å². The van der Waals surface area contributed by atoms with Crippen molar-refractivity contribution in [1.29, 1.82) is 0 Å². The first kappa shape index (κ1) is 14.4. The van der Waals surface area contributed by atoms with Gasteiger partial charge in [0.2, 0.25) is 5.91 Å². The normalized spacial score (nSPS) is 23.4. The molecule has 4 heteroatoms. The van der Waals surface area contributed by atoms with E-state index in [0.717, 1.165) is 10.6 Å². The maximum atomic E-state index is 12.1.